The average molecular weight is 247 g/mol. The molecule has 2 rings (SSSR count). The van der Waals surface area contributed by atoms with E-state index in [1.807, 2.05) is 43.9 Å². The van der Waals surface area contributed by atoms with Gasteiger partial charge in [0.15, 0.2) is 0 Å². The molecule has 4 heteroatoms. The molecule has 0 bridgehead atoms. The first kappa shape index (κ1) is 13.0. The van der Waals surface area contributed by atoms with Crippen LogP contribution in [0.1, 0.15) is 45.3 Å². The van der Waals surface area contributed by atoms with Crippen LogP contribution in [0.5, 0.6) is 0 Å². The van der Waals surface area contributed by atoms with Gasteiger partial charge in [-0.1, -0.05) is 6.07 Å². The van der Waals surface area contributed by atoms with Crippen LogP contribution in [0.2, 0.25) is 0 Å². The minimum atomic E-state index is -0.239. The molecule has 2 unspecified atom stereocenters. The molecule has 1 fully saturated rings. The fourth-order valence-electron chi connectivity index (χ4n) is 2.61. The third kappa shape index (κ3) is 2.38. The molecule has 0 aliphatic carbocycles. The van der Waals surface area contributed by atoms with Gasteiger partial charge in [-0.2, -0.15) is 0 Å². The van der Waals surface area contributed by atoms with E-state index in [1.54, 1.807) is 6.20 Å². The second-order valence-electron chi connectivity index (χ2n) is 5.84. The highest BCUT2D eigenvalue weighted by Gasteiger charge is 2.41. The summed E-state index contributed by atoms with van der Waals surface area (Å²) in [4.78, 5) is 18.5. The minimum Gasteiger partial charge on any atom is -0.328 e. The Morgan fingerprint density at radius 1 is 1.39 bits per heavy atom. The number of nitrogens with zero attached hydrogens (tertiary/aromatic N) is 2. The minimum absolute atomic E-state index is 0.0446. The highest BCUT2D eigenvalue weighted by molar-refractivity contribution is 5.78. The van der Waals surface area contributed by atoms with Crippen molar-refractivity contribution in [1.29, 1.82) is 0 Å². The van der Waals surface area contributed by atoms with Gasteiger partial charge in [-0.05, 0) is 39.3 Å². The predicted octanol–water partition coefficient (Wildman–Crippen LogP) is 1.87. The molecule has 2 N–H and O–H groups in total. The molecule has 1 saturated heterocycles. The highest BCUT2D eigenvalue weighted by Crippen LogP contribution is 2.35. The first-order valence-electron chi connectivity index (χ1n) is 6.40. The number of carbonyl (C=O) groups is 1. The fourth-order valence-corrected chi connectivity index (χ4v) is 2.61. The number of aromatic nitrogens is 1. The second-order valence-corrected chi connectivity index (χ2v) is 5.84. The van der Waals surface area contributed by atoms with E-state index in [0.717, 1.165) is 12.1 Å². The van der Waals surface area contributed by atoms with E-state index in [4.69, 9.17) is 5.73 Å². The summed E-state index contributed by atoms with van der Waals surface area (Å²) in [7, 11) is 0. The van der Waals surface area contributed by atoms with Crippen LogP contribution in [0.3, 0.4) is 0 Å². The maximum absolute atomic E-state index is 12.2. The molecule has 4 nitrogen and oxygen atoms in total. The number of likely N-dealkylation sites (tertiary alicyclic amines) is 1. The van der Waals surface area contributed by atoms with E-state index < -0.39 is 0 Å². The zero-order valence-electron chi connectivity index (χ0n) is 11.3. The van der Waals surface area contributed by atoms with E-state index >= 15 is 0 Å². The van der Waals surface area contributed by atoms with Crippen LogP contribution in [0.15, 0.2) is 24.4 Å². The number of nitrogens with two attached hydrogens (primary N) is 1. The summed E-state index contributed by atoms with van der Waals surface area (Å²) >= 11 is 0. The molecule has 98 valence electrons. The molecular weight excluding hydrogens is 226 g/mol. The van der Waals surface area contributed by atoms with E-state index in [9.17, 15) is 4.79 Å². The van der Waals surface area contributed by atoms with Gasteiger partial charge in [0.1, 0.15) is 0 Å². The Hall–Kier alpha value is -1.42. The largest absolute Gasteiger partial charge is 0.328 e. The van der Waals surface area contributed by atoms with Gasteiger partial charge in [0.05, 0.1) is 11.7 Å². The molecule has 1 aliphatic rings. The zero-order chi connectivity index (χ0) is 13.3. The predicted molar refractivity (Wildman–Crippen MR) is 70.8 cm³/mol. The van der Waals surface area contributed by atoms with Crippen molar-refractivity contribution < 1.29 is 4.79 Å². The normalized spacial score (nSPS) is 25.3. The van der Waals surface area contributed by atoms with Crippen LogP contribution in [0, 0.1) is 0 Å². The molecule has 1 aromatic heterocycles. The van der Waals surface area contributed by atoms with Gasteiger partial charge in [0, 0.05) is 24.2 Å². The van der Waals surface area contributed by atoms with Crippen LogP contribution < -0.4 is 5.73 Å². The van der Waals surface area contributed by atoms with Crippen molar-refractivity contribution in [2.45, 2.75) is 51.2 Å². The lowest BCUT2D eigenvalue weighted by molar-refractivity contribution is -0.144. The zero-order valence-corrected chi connectivity index (χ0v) is 11.3. The Kier molecular flexibility index (Phi) is 3.39. The number of rotatable bonds is 1. The van der Waals surface area contributed by atoms with Gasteiger partial charge >= 0.3 is 0 Å². The monoisotopic (exact) mass is 247 g/mol. The lowest BCUT2D eigenvalue weighted by atomic mass is 9.88. The SMILES string of the molecule is CC(C)(C)N1C(=O)CCC(N)C1c1ccccn1. The van der Waals surface area contributed by atoms with Gasteiger partial charge in [-0.25, -0.2) is 0 Å². The first-order chi connectivity index (χ1) is 8.41. The van der Waals surface area contributed by atoms with Crippen molar-refractivity contribution in [3.63, 3.8) is 0 Å². The highest BCUT2D eigenvalue weighted by atomic mass is 16.2. The molecule has 2 heterocycles. The molecular formula is C14H21N3O. The van der Waals surface area contributed by atoms with Crippen molar-refractivity contribution in [3.8, 4) is 0 Å². The molecule has 1 amide bonds. The number of carbonyl (C=O) groups excluding carboxylic acids is 1. The summed E-state index contributed by atoms with van der Waals surface area (Å²) < 4.78 is 0. The molecule has 0 spiro atoms. The Morgan fingerprint density at radius 3 is 2.67 bits per heavy atom. The summed E-state index contributed by atoms with van der Waals surface area (Å²) in [5.41, 5.74) is 6.87. The number of hydrogen-bond acceptors (Lipinski definition) is 3. The van der Waals surface area contributed by atoms with Crippen molar-refractivity contribution in [2.24, 2.45) is 5.73 Å². The third-order valence-corrected chi connectivity index (χ3v) is 3.36. The number of pyridine rings is 1. The molecule has 18 heavy (non-hydrogen) atoms. The summed E-state index contributed by atoms with van der Waals surface area (Å²) in [5.74, 6) is 0.167. The van der Waals surface area contributed by atoms with Crippen molar-refractivity contribution in [1.82, 2.24) is 9.88 Å². The lowest BCUT2D eigenvalue weighted by Gasteiger charge is -2.46. The molecule has 0 aromatic carbocycles. The Morgan fingerprint density at radius 2 is 2.11 bits per heavy atom. The van der Waals surface area contributed by atoms with Crippen molar-refractivity contribution in [3.05, 3.63) is 30.1 Å². The van der Waals surface area contributed by atoms with Gasteiger partial charge in [-0.3, -0.25) is 9.78 Å². The third-order valence-electron chi connectivity index (χ3n) is 3.36. The van der Waals surface area contributed by atoms with Gasteiger partial charge in [-0.15, -0.1) is 0 Å². The van der Waals surface area contributed by atoms with E-state index in [0.29, 0.717) is 6.42 Å². The number of amides is 1. The van der Waals surface area contributed by atoms with Gasteiger partial charge in [0.25, 0.3) is 0 Å². The van der Waals surface area contributed by atoms with Crippen LogP contribution in [-0.4, -0.2) is 27.4 Å². The topological polar surface area (TPSA) is 59.2 Å². The van der Waals surface area contributed by atoms with E-state index in [2.05, 4.69) is 4.98 Å². The lowest BCUT2D eigenvalue weighted by Crippen LogP contribution is -2.56. The van der Waals surface area contributed by atoms with Crippen LogP contribution in [0.25, 0.3) is 0 Å². The standard InChI is InChI=1S/C14H21N3O/c1-14(2,3)17-12(18)8-7-10(15)13(17)11-6-4-5-9-16-11/h4-6,9-10,13H,7-8,15H2,1-3H3. The maximum atomic E-state index is 12.2. The van der Waals surface area contributed by atoms with Gasteiger partial charge < -0.3 is 10.6 Å². The Labute approximate surface area is 108 Å². The number of piperidine rings is 1. The molecule has 2 atom stereocenters. The molecule has 0 radical (unpaired) electrons. The van der Waals surface area contributed by atoms with E-state index in [-0.39, 0.29) is 23.5 Å². The Balaban J connectivity index is 2.42. The van der Waals surface area contributed by atoms with Gasteiger partial charge in [0.2, 0.25) is 5.91 Å². The Bertz CT molecular complexity index is 424. The maximum Gasteiger partial charge on any atom is 0.223 e. The summed E-state index contributed by atoms with van der Waals surface area (Å²) in [5, 5.41) is 0. The average Bonchev–Trinajstić information content (AvgIpc) is 2.31. The molecule has 1 aliphatic heterocycles. The first-order valence-corrected chi connectivity index (χ1v) is 6.40. The summed E-state index contributed by atoms with van der Waals surface area (Å²) in [6.07, 6.45) is 3.01. The summed E-state index contributed by atoms with van der Waals surface area (Å²) in [6.45, 7) is 6.12. The summed E-state index contributed by atoms with van der Waals surface area (Å²) in [6, 6.07) is 5.60. The molecule has 1 aromatic rings. The van der Waals surface area contributed by atoms with Crippen LogP contribution >= 0.6 is 0 Å². The fraction of sp³-hybridized carbons (Fsp3) is 0.571. The van der Waals surface area contributed by atoms with Crippen molar-refractivity contribution >= 4 is 5.91 Å². The van der Waals surface area contributed by atoms with Crippen LogP contribution in [0.4, 0.5) is 0 Å². The molecule has 0 saturated carbocycles. The smallest absolute Gasteiger partial charge is 0.223 e. The van der Waals surface area contributed by atoms with Crippen LogP contribution in [-0.2, 0) is 4.79 Å². The quantitative estimate of drug-likeness (QED) is 0.824. The van der Waals surface area contributed by atoms with E-state index in [1.165, 1.54) is 0 Å². The second kappa shape index (κ2) is 4.69. The van der Waals surface area contributed by atoms with Crippen molar-refractivity contribution in [2.75, 3.05) is 0 Å². The number of hydrogen-bond donors (Lipinski definition) is 1.